The van der Waals surface area contributed by atoms with Crippen LogP contribution in [0.5, 0.6) is 0 Å². The van der Waals surface area contributed by atoms with Gasteiger partial charge in [0.2, 0.25) is 0 Å². The first kappa shape index (κ1) is 13.3. The van der Waals surface area contributed by atoms with E-state index in [2.05, 4.69) is 22.7 Å². The molecule has 1 aromatic rings. The summed E-state index contributed by atoms with van der Waals surface area (Å²) in [7, 11) is 0. The van der Waals surface area contributed by atoms with Crippen molar-refractivity contribution in [1.29, 1.82) is 0 Å². The average molecular weight is 302 g/mol. The molecule has 0 amide bonds. The number of thiocarbonyl (C=S) groups is 1. The molecule has 7 heteroatoms. The Morgan fingerprint density at radius 2 is 2.39 bits per heavy atom. The molecule has 1 aromatic carbocycles. The normalized spacial score (nSPS) is 14.8. The Labute approximate surface area is 118 Å². The number of nitrogens with zero attached hydrogens (tertiary/aromatic N) is 1. The fraction of sp³-hybridized carbons (Fsp3) is 0.0909. The van der Waals surface area contributed by atoms with E-state index in [9.17, 15) is 4.39 Å². The van der Waals surface area contributed by atoms with Crippen molar-refractivity contribution in [3.63, 3.8) is 0 Å². The quantitative estimate of drug-likeness (QED) is 0.501. The van der Waals surface area contributed by atoms with Gasteiger partial charge in [-0.25, -0.2) is 4.39 Å². The molecule has 2 rings (SSSR count). The minimum Gasteiger partial charge on any atom is -0.375 e. The van der Waals surface area contributed by atoms with Gasteiger partial charge in [0.05, 0.1) is 11.2 Å². The fourth-order valence-corrected chi connectivity index (χ4v) is 2.93. The van der Waals surface area contributed by atoms with E-state index in [1.54, 1.807) is 24.0 Å². The van der Waals surface area contributed by atoms with Crippen molar-refractivity contribution < 1.29 is 4.39 Å². The van der Waals surface area contributed by atoms with Crippen LogP contribution in [0.2, 0.25) is 0 Å². The molecule has 1 aliphatic rings. The first-order valence-electron chi connectivity index (χ1n) is 4.98. The molecule has 0 aromatic heterocycles. The summed E-state index contributed by atoms with van der Waals surface area (Å²) in [6, 6.07) is 4.56. The number of halogens is 2. The second-order valence-corrected chi connectivity index (χ2v) is 5.34. The molecule has 94 valence electrons. The molecule has 0 spiro atoms. The number of rotatable bonds is 2. The van der Waals surface area contributed by atoms with Crippen LogP contribution in [0.1, 0.15) is 5.56 Å². The molecule has 0 unspecified atom stereocenters. The topological polar surface area (TPSA) is 50.4 Å². The summed E-state index contributed by atoms with van der Waals surface area (Å²) in [5.74, 6) is 0.354. The largest absolute Gasteiger partial charge is 0.375 e. The van der Waals surface area contributed by atoms with E-state index >= 15 is 0 Å². The maximum atomic E-state index is 13.2. The van der Waals surface area contributed by atoms with Crippen LogP contribution in [0.3, 0.4) is 0 Å². The van der Waals surface area contributed by atoms with E-state index in [4.69, 9.17) is 17.3 Å². The van der Waals surface area contributed by atoms with Gasteiger partial charge in [-0.15, -0.1) is 11.8 Å². The zero-order valence-electron chi connectivity index (χ0n) is 9.11. The maximum absolute atomic E-state index is 13.2. The van der Waals surface area contributed by atoms with Crippen molar-refractivity contribution in [1.82, 2.24) is 5.43 Å². The van der Waals surface area contributed by atoms with E-state index in [1.165, 1.54) is 12.1 Å². The van der Waals surface area contributed by atoms with Crippen LogP contribution in [-0.4, -0.2) is 17.1 Å². The number of hydrogen-bond acceptors (Lipinski definition) is 3. The van der Waals surface area contributed by atoms with Gasteiger partial charge >= 0.3 is 0 Å². The highest BCUT2D eigenvalue weighted by molar-refractivity contribution is 7.99. The number of thioether (sulfide) groups is 1. The molecule has 1 aliphatic heterocycles. The molecule has 0 saturated heterocycles. The van der Waals surface area contributed by atoms with Crippen LogP contribution in [0.4, 0.5) is 4.39 Å². The predicted molar refractivity (Wildman–Crippen MR) is 78.3 cm³/mol. The first-order chi connectivity index (χ1) is 8.58. The lowest BCUT2D eigenvalue weighted by molar-refractivity contribution is 0.626. The van der Waals surface area contributed by atoms with E-state index in [0.29, 0.717) is 16.3 Å². The fourth-order valence-electron chi connectivity index (χ4n) is 1.46. The highest BCUT2D eigenvalue weighted by atomic mass is 35.5. The number of nitrogens with two attached hydrogens (primary N) is 1. The Kier molecular flexibility index (Phi) is 4.21. The lowest BCUT2D eigenvalue weighted by atomic mass is 10.1. The standard InChI is InChI=1S/C11H9ClFN3S2/c12-10-6(4-15-16-11(14)17)5-18-9-2-1-7(13)3-8(9)10/h1-4H,5H2,(H3,14,16,17). The smallest absolute Gasteiger partial charge is 0.184 e. The molecule has 0 bridgehead atoms. The molecule has 1 heterocycles. The number of benzene rings is 1. The molecule has 0 radical (unpaired) electrons. The van der Waals surface area contributed by atoms with Crippen LogP contribution < -0.4 is 11.2 Å². The van der Waals surface area contributed by atoms with E-state index in [0.717, 1.165) is 10.5 Å². The summed E-state index contributed by atoms with van der Waals surface area (Å²) in [6.07, 6.45) is 1.54. The summed E-state index contributed by atoms with van der Waals surface area (Å²) in [5.41, 5.74) is 9.17. The number of hydrazone groups is 1. The minimum atomic E-state index is -0.313. The van der Waals surface area contributed by atoms with E-state index < -0.39 is 0 Å². The zero-order valence-corrected chi connectivity index (χ0v) is 11.5. The Hall–Kier alpha value is -1.11. The van der Waals surface area contributed by atoms with Crippen LogP contribution in [-0.2, 0) is 0 Å². The molecule has 0 aliphatic carbocycles. The molecule has 0 fully saturated rings. The SMILES string of the molecule is NC(=S)NN=CC1=C(Cl)c2cc(F)ccc2SC1. The number of hydrogen-bond donors (Lipinski definition) is 2. The molecule has 0 atom stereocenters. The Morgan fingerprint density at radius 3 is 3.11 bits per heavy atom. The van der Waals surface area contributed by atoms with Gasteiger partial charge in [0, 0.05) is 21.8 Å². The van der Waals surface area contributed by atoms with Crippen LogP contribution in [0.25, 0.3) is 5.03 Å². The molecule has 3 N–H and O–H groups in total. The molecule has 18 heavy (non-hydrogen) atoms. The van der Waals surface area contributed by atoms with Crippen molar-refractivity contribution in [2.45, 2.75) is 4.90 Å². The van der Waals surface area contributed by atoms with Gasteiger partial charge < -0.3 is 5.73 Å². The summed E-state index contributed by atoms with van der Waals surface area (Å²) in [5, 5.41) is 4.43. The van der Waals surface area contributed by atoms with Crippen molar-refractivity contribution >= 4 is 51.9 Å². The van der Waals surface area contributed by atoms with Crippen molar-refractivity contribution in [2.24, 2.45) is 10.8 Å². The molecular formula is C11H9ClFN3S2. The van der Waals surface area contributed by atoms with Crippen molar-refractivity contribution in [2.75, 3.05) is 5.75 Å². The van der Waals surface area contributed by atoms with Crippen molar-refractivity contribution in [3.05, 3.63) is 35.2 Å². The molecular weight excluding hydrogens is 293 g/mol. The van der Waals surface area contributed by atoms with Gasteiger partial charge in [-0.3, -0.25) is 5.43 Å². The monoisotopic (exact) mass is 301 g/mol. The molecule has 0 saturated carbocycles. The van der Waals surface area contributed by atoms with Gasteiger partial charge in [0.15, 0.2) is 5.11 Å². The van der Waals surface area contributed by atoms with Crippen LogP contribution in [0, 0.1) is 5.82 Å². The van der Waals surface area contributed by atoms with Crippen molar-refractivity contribution in [3.8, 4) is 0 Å². The van der Waals surface area contributed by atoms with Gasteiger partial charge in [-0.1, -0.05) is 11.6 Å². The van der Waals surface area contributed by atoms with E-state index in [-0.39, 0.29) is 10.9 Å². The Bertz CT molecular complexity index is 557. The number of fused-ring (bicyclic) bond motifs is 1. The van der Waals surface area contributed by atoms with Crippen LogP contribution in [0.15, 0.2) is 33.8 Å². The summed E-state index contributed by atoms with van der Waals surface area (Å²) in [6.45, 7) is 0. The highest BCUT2D eigenvalue weighted by Gasteiger charge is 2.17. The Balaban J connectivity index is 2.30. The lowest BCUT2D eigenvalue weighted by Gasteiger charge is -2.16. The highest BCUT2D eigenvalue weighted by Crippen LogP contribution is 2.38. The number of nitrogens with one attached hydrogen (secondary N) is 1. The second-order valence-electron chi connectivity index (χ2n) is 3.50. The lowest BCUT2D eigenvalue weighted by Crippen LogP contribution is -2.24. The summed E-state index contributed by atoms with van der Waals surface area (Å²) >= 11 is 12.4. The van der Waals surface area contributed by atoms with Gasteiger partial charge in [-0.2, -0.15) is 5.10 Å². The summed E-state index contributed by atoms with van der Waals surface area (Å²) < 4.78 is 13.2. The summed E-state index contributed by atoms with van der Waals surface area (Å²) in [4.78, 5) is 0.959. The second kappa shape index (κ2) is 5.69. The van der Waals surface area contributed by atoms with Gasteiger partial charge in [0.1, 0.15) is 5.82 Å². The third-order valence-corrected chi connectivity index (χ3v) is 3.90. The minimum absolute atomic E-state index is 0.0814. The maximum Gasteiger partial charge on any atom is 0.184 e. The predicted octanol–water partition coefficient (Wildman–Crippen LogP) is 2.70. The van der Waals surface area contributed by atoms with E-state index in [1.807, 2.05) is 0 Å². The van der Waals surface area contributed by atoms with Gasteiger partial charge in [-0.05, 0) is 30.4 Å². The van der Waals surface area contributed by atoms with Crippen LogP contribution >= 0.6 is 35.6 Å². The van der Waals surface area contributed by atoms with Gasteiger partial charge in [0.25, 0.3) is 0 Å². The third kappa shape index (κ3) is 3.01. The molecule has 3 nitrogen and oxygen atoms in total. The Morgan fingerprint density at radius 1 is 1.61 bits per heavy atom. The zero-order chi connectivity index (χ0) is 13.1. The average Bonchev–Trinajstić information content (AvgIpc) is 2.32. The third-order valence-electron chi connectivity index (χ3n) is 2.24. The first-order valence-corrected chi connectivity index (χ1v) is 6.75.